The Morgan fingerprint density at radius 2 is 2.32 bits per heavy atom. The van der Waals surface area contributed by atoms with Crippen LogP contribution in [0.4, 0.5) is 0 Å². The van der Waals surface area contributed by atoms with Crippen molar-refractivity contribution in [3.8, 4) is 0 Å². The van der Waals surface area contributed by atoms with E-state index in [1.807, 2.05) is 12.1 Å². The van der Waals surface area contributed by atoms with Gasteiger partial charge in [-0.05, 0) is 30.9 Å². The third-order valence-corrected chi connectivity index (χ3v) is 5.40. The van der Waals surface area contributed by atoms with Gasteiger partial charge in [-0.15, -0.1) is 11.8 Å². The molecule has 0 aromatic heterocycles. The molecule has 1 fully saturated rings. The minimum atomic E-state index is 0.0222. The lowest BCUT2D eigenvalue weighted by atomic mass is 10.1. The first kappa shape index (κ1) is 15.8. The van der Waals surface area contributed by atoms with Crippen molar-refractivity contribution in [3.63, 3.8) is 0 Å². The Hall–Kier alpha value is -1.04. The summed E-state index contributed by atoms with van der Waals surface area (Å²) in [7, 11) is 0. The zero-order valence-electron chi connectivity index (χ0n) is 12.8. The van der Waals surface area contributed by atoms with Gasteiger partial charge < -0.3 is 14.8 Å². The summed E-state index contributed by atoms with van der Waals surface area (Å²) in [4.78, 5) is 13.4. The van der Waals surface area contributed by atoms with E-state index in [1.165, 1.54) is 10.5 Å². The molecule has 120 valence electrons. The van der Waals surface area contributed by atoms with E-state index in [9.17, 15) is 4.79 Å². The van der Waals surface area contributed by atoms with Crippen molar-refractivity contribution in [1.29, 1.82) is 0 Å². The van der Waals surface area contributed by atoms with Crippen LogP contribution >= 0.6 is 11.8 Å². The number of nitrogens with one attached hydrogen (secondary N) is 1. The highest BCUT2D eigenvalue weighted by Gasteiger charge is 2.27. The van der Waals surface area contributed by atoms with Gasteiger partial charge in [0, 0.05) is 30.6 Å². The monoisotopic (exact) mass is 321 g/mol. The van der Waals surface area contributed by atoms with Crippen molar-refractivity contribution in [2.75, 3.05) is 33.0 Å². The van der Waals surface area contributed by atoms with Gasteiger partial charge in [0.05, 0.1) is 18.5 Å². The third-order valence-electron chi connectivity index (χ3n) is 4.08. The highest BCUT2D eigenvalue weighted by Crippen LogP contribution is 2.36. The van der Waals surface area contributed by atoms with Crippen molar-refractivity contribution >= 4 is 17.7 Å². The fourth-order valence-corrected chi connectivity index (χ4v) is 4.01. The van der Waals surface area contributed by atoms with Gasteiger partial charge in [0.25, 0.3) is 0 Å². The first-order valence-electron chi connectivity index (χ1n) is 8.00. The van der Waals surface area contributed by atoms with Gasteiger partial charge in [0.1, 0.15) is 0 Å². The fourth-order valence-electron chi connectivity index (χ4n) is 2.79. The van der Waals surface area contributed by atoms with E-state index in [4.69, 9.17) is 9.47 Å². The number of amides is 1. The normalized spacial score (nSPS) is 23.5. The van der Waals surface area contributed by atoms with E-state index in [1.54, 1.807) is 11.8 Å². The Morgan fingerprint density at radius 1 is 1.41 bits per heavy atom. The molecule has 2 atom stereocenters. The summed E-state index contributed by atoms with van der Waals surface area (Å²) in [5.41, 5.74) is 1.29. The van der Waals surface area contributed by atoms with Crippen LogP contribution in [0, 0.1) is 5.92 Å². The van der Waals surface area contributed by atoms with Gasteiger partial charge in [-0.25, -0.2) is 0 Å². The third kappa shape index (κ3) is 4.24. The maximum atomic E-state index is 12.2. The number of carbonyl (C=O) groups is 1. The molecule has 2 aliphatic rings. The molecule has 0 bridgehead atoms. The summed E-state index contributed by atoms with van der Waals surface area (Å²) in [5, 5.41) is 3.05. The van der Waals surface area contributed by atoms with Crippen LogP contribution in [0.15, 0.2) is 29.2 Å². The molecule has 1 aromatic carbocycles. The molecule has 0 aliphatic carbocycles. The van der Waals surface area contributed by atoms with E-state index in [-0.39, 0.29) is 11.2 Å². The number of thioether (sulfide) groups is 1. The minimum Gasteiger partial charge on any atom is -0.381 e. The van der Waals surface area contributed by atoms with Crippen LogP contribution in [-0.2, 0) is 20.7 Å². The van der Waals surface area contributed by atoms with Crippen LogP contribution < -0.4 is 5.32 Å². The number of rotatable bonds is 7. The lowest BCUT2D eigenvalue weighted by molar-refractivity contribution is -0.120. The Bertz CT molecular complexity index is 477. The molecule has 0 unspecified atom stereocenters. The van der Waals surface area contributed by atoms with E-state index in [2.05, 4.69) is 17.4 Å². The molecule has 4 nitrogen and oxygen atoms in total. The molecule has 1 amide bonds. The Labute approximate surface area is 135 Å². The van der Waals surface area contributed by atoms with Crippen molar-refractivity contribution < 1.29 is 14.3 Å². The lowest BCUT2D eigenvalue weighted by Gasteiger charge is -2.11. The zero-order chi connectivity index (χ0) is 15.2. The molecule has 0 saturated carbocycles. The molecular formula is C17H23NO3S. The van der Waals surface area contributed by atoms with Gasteiger partial charge in [-0.2, -0.15) is 0 Å². The summed E-state index contributed by atoms with van der Waals surface area (Å²) in [6, 6.07) is 8.26. The average Bonchev–Trinajstić information content (AvgIpc) is 3.19. The second kappa shape index (κ2) is 7.99. The van der Waals surface area contributed by atoms with Crippen molar-refractivity contribution in [2.24, 2.45) is 5.92 Å². The predicted octanol–water partition coefficient (Wildman–Crippen LogP) is 2.26. The number of carbonyl (C=O) groups excluding carboxylic acids is 1. The molecule has 1 aromatic rings. The van der Waals surface area contributed by atoms with Gasteiger partial charge in [0.15, 0.2) is 0 Å². The number of fused-ring (bicyclic) bond motifs is 1. The Kier molecular flexibility index (Phi) is 5.76. The smallest absolute Gasteiger partial charge is 0.233 e. The van der Waals surface area contributed by atoms with Gasteiger partial charge in [-0.1, -0.05) is 18.2 Å². The highest BCUT2D eigenvalue weighted by atomic mass is 32.2. The first-order valence-corrected chi connectivity index (χ1v) is 8.88. The minimum absolute atomic E-state index is 0.0222. The molecular weight excluding hydrogens is 298 g/mol. The Balaban J connectivity index is 1.27. The van der Waals surface area contributed by atoms with E-state index < -0.39 is 0 Å². The summed E-state index contributed by atoms with van der Waals surface area (Å²) in [6.45, 7) is 3.87. The maximum absolute atomic E-state index is 12.2. The van der Waals surface area contributed by atoms with Crippen LogP contribution in [0.3, 0.4) is 0 Å². The summed E-state index contributed by atoms with van der Waals surface area (Å²) in [6.07, 6.45) is 2.81. The van der Waals surface area contributed by atoms with Crippen LogP contribution in [-0.4, -0.2) is 44.1 Å². The van der Waals surface area contributed by atoms with Crippen molar-refractivity contribution in [1.82, 2.24) is 5.32 Å². The first-order chi connectivity index (χ1) is 10.8. The van der Waals surface area contributed by atoms with E-state index in [0.29, 0.717) is 19.1 Å². The lowest BCUT2D eigenvalue weighted by Crippen LogP contribution is -2.33. The number of hydrogen-bond acceptors (Lipinski definition) is 4. The van der Waals surface area contributed by atoms with Crippen LogP contribution in [0.1, 0.15) is 18.4 Å². The van der Waals surface area contributed by atoms with Gasteiger partial charge in [-0.3, -0.25) is 4.79 Å². The van der Waals surface area contributed by atoms with E-state index >= 15 is 0 Å². The standard InChI is InChI=1S/C17H23NO3S/c19-17(16-10-14-4-1-2-5-15(14)22-16)18-7-3-8-20-11-13-6-9-21-12-13/h1-2,4-5,13,16H,3,6-12H2,(H,18,19)/t13-,16-/m1/s1. The summed E-state index contributed by atoms with van der Waals surface area (Å²) in [5.74, 6) is 0.702. The fraction of sp³-hybridized carbons (Fsp3) is 0.588. The molecule has 0 spiro atoms. The topological polar surface area (TPSA) is 47.6 Å². The van der Waals surface area contributed by atoms with Crippen molar-refractivity contribution in [2.45, 2.75) is 29.4 Å². The quantitative estimate of drug-likeness (QED) is 0.783. The van der Waals surface area contributed by atoms with E-state index in [0.717, 1.165) is 39.1 Å². The molecule has 2 aliphatic heterocycles. The molecule has 1 saturated heterocycles. The summed E-state index contributed by atoms with van der Waals surface area (Å²) >= 11 is 1.67. The zero-order valence-corrected chi connectivity index (χ0v) is 13.6. The largest absolute Gasteiger partial charge is 0.381 e. The second-order valence-corrected chi connectivity index (χ2v) is 7.11. The number of benzene rings is 1. The predicted molar refractivity (Wildman–Crippen MR) is 87.2 cm³/mol. The molecule has 5 heteroatoms. The van der Waals surface area contributed by atoms with Crippen LogP contribution in [0.2, 0.25) is 0 Å². The van der Waals surface area contributed by atoms with Crippen LogP contribution in [0.5, 0.6) is 0 Å². The van der Waals surface area contributed by atoms with Gasteiger partial charge in [0.2, 0.25) is 5.91 Å². The Morgan fingerprint density at radius 3 is 3.14 bits per heavy atom. The maximum Gasteiger partial charge on any atom is 0.233 e. The van der Waals surface area contributed by atoms with Crippen LogP contribution in [0.25, 0.3) is 0 Å². The van der Waals surface area contributed by atoms with Crippen molar-refractivity contribution in [3.05, 3.63) is 29.8 Å². The summed E-state index contributed by atoms with van der Waals surface area (Å²) < 4.78 is 11.0. The number of ether oxygens (including phenoxy) is 2. The number of hydrogen-bond donors (Lipinski definition) is 1. The molecule has 22 heavy (non-hydrogen) atoms. The highest BCUT2D eigenvalue weighted by molar-refractivity contribution is 8.01. The second-order valence-electron chi connectivity index (χ2n) is 5.87. The molecule has 1 N–H and O–H groups in total. The molecule has 0 radical (unpaired) electrons. The SMILES string of the molecule is O=C(NCCCOC[C@H]1CCOC1)[C@H]1Cc2ccccc2S1. The molecule has 3 rings (SSSR count). The average molecular weight is 321 g/mol. The molecule has 2 heterocycles. The van der Waals surface area contributed by atoms with Gasteiger partial charge >= 0.3 is 0 Å².